The molecule has 0 aliphatic carbocycles. The van der Waals surface area contributed by atoms with Crippen molar-refractivity contribution in [2.45, 2.75) is 12.1 Å². The van der Waals surface area contributed by atoms with E-state index < -0.39 is 6.04 Å². The van der Waals surface area contributed by atoms with Crippen molar-refractivity contribution >= 4 is 23.2 Å². The monoisotopic (exact) mass is 302 g/mol. The minimum absolute atomic E-state index is 0.0943. The minimum atomic E-state index is -0.530. The second-order valence-electron chi connectivity index (χ2n) is 4.93. The van der Waals surface area contributed by atoms with Crippen molar-refractivity contribution in [2.24, 2.45) is 5.73 Å². The molecule has 1 fully saturated rings. The maximum absolute atomic E-state index is 12.1. The predicted octanol–water partition coefficient (Wildman–Crippen LogP) is 2.76. The molecule has 1 aliphatic heterocycles. The van der Waals surface area contributed by atoms with Gasteiger partial charge in [0.05, 0.1) is 13.2 Å². The second-order valence-corrected chi connectivity index (χ2v) is 5.37. The van der Waals surface area contributed by atoms with Crippen molar-refractivity contribution in [1.29, 1.82) is 0 Å². The Balaban J connectivity index is 1.96. The van der Waals surface area contributed by atoms with Crippen LogP contribution in [0.2, 0.25) is 5.02 Å². The summed E-state index contributed by atoms with van der Waals surface area (Å²) < 4.78 is 5.21. The molecule has 3 rings (SSSR count). The van der Waals surface area contributed by atoms with Crippen LogP contribution < -0.4 is 15.4 Å². The van der Waals surface area contributed by atoms with Crippen molar-refractivity contribution in [2.75, 3.05) is 12.0 Å². The summed E-state index contributed by atoms with van der Waals surface area (Å²) in [5.41, 5.74) is 7.72. The molecule has 0 saturated carbocycles. The number of hydrogen-bond donors (Lipinski definition) is 1. The van der Waals surface area contributed by atoms with Crippen molar-refractivity contribution in [3.8, 4) is 5.75 Å². The van der Waals surface area contributed by atoms with E-state index in [1.807, 2.05) is 36.4 Å². The van der Waals surface area contributed by atoms with Crippen molar-refractivity contribution < 1.29 is 9.53 Å². The first kappa shape index (κ1) is 13.9. The van der Waals surface area contributed by atoms with Gasteiger partial charge in [0.2, 0.25) is 5.91 Å². The molecule has 0 aromatic heterocycles. The number of halogens is 1. The molecule has 2 aromatic rings. The number of methoxy groups -OCH3 is 1. The fourth-order valence-corrected chi connectivity index (χ4v) is 2.70. The van der Waals surface area contributed by atoms with Gasteiger partial charge in [0.1, 0.15) is 11.8 Å². The first-order chi connectivity index (χ1) is 10.1. The van der Waals surface area contributed by atoms with Crippen LogP contribution in [0.4, 0.5) is 5.69 Å². The Hall–Kier alpha value is -2.04. The molecular weight excluding hydrogens is 288 g/mol. The van der Waals surface area contributed by atoms with Gasteiger partial charge in [-0.15, -0.1) is 0 Å². The van der Waals surface area contributed by atoms with Crippen molar-refractivity contribution in [3.63, 3.8) is 0 Å². The third-order valence-electron chi connectivity index (χ3n) is 3.68. The third-order valence-corrected chi connectivity index (χ3v) is 3.94. The highest BCUT2D eigenvalue weighted by Crippen LogP contribution is 2.39. The summed E-state index contributed by atoms with van der Waals surface area (Å²) in [5, 5.41) is 0.658. The second kappa shape index (κ2) is 5.39. The van der Waals surface area contributed by atoms with Crippen molar-refractivity contribution in [1.82, 2.24) is 0 Å². The zero-order valence-electron chi connectivity index (χ0n) is 11.5. The van der Waals surface area contributed by atoms with E-state index in [-0.39, 0.29) is 11.9 Å². The predicted molar refractivity (Wildman–Crippen MR) is 82.6 cm³/mol. The number of hydrogen-bond acceptors (Lipinski definition) is 3. The summed E-state index contributed by atoms with van der Waals surface area (Å²) in [5.74, 6) is 0.610. The highest BCUT2D eigenvalue weighted by atomic mass is 35.5. The zero-order chi connectivity index (χ0) is 15.0. The fraction of sp³-hybridized carbons (Fsp3) is 0.188. The lowest BCUT2D eigenvalue weighted by Gasteiger charge is -2.45. The van der Waals surface area contributed by atoms with Gasteiger partial charge >= 0.3 is 0 Å². The van der Waals surface area contributed by atoms with Gasteiger partial charge in [0, 0.05) is 16.8 Å². The van der Waals surface area contributed by atoms with Gasteiger partial charge in [-0.05, 0) is 29.8 Å². The molecule has 1 amide bonds. The topological polar surface area (TPSA) is 55.6 Å². The Morgan fingerprint density at radius 3 is 2.57 bits per heavy atom. The molecule has 2 aromatic carbocycles. The van der Waals surface area contributed by atoms with E-state index in [0.29, 0.717) is 10.8 Å². The Morgan fingerprint density at radius 1 is 1.19 bits per heavy atom. The quantitative estimate of drug-likeness (QED) is 0.887. The number of carbonyl (C=O) groups is 1. The normalized spacial score (nSPS) is 21.1. The van der Waals surface area contributed by atoms with Gasteiger partial charge in [-0.1, -0.05) is 29.8 Å². The average molecular weight is 303 g/mol. The van der Waals surface area contributed by atoms with Crippen LogP contribution >= 0.6 is 11.6 Å². The Labute approximate surface area is 128 Å². The van der Waals surface area contributed by atoms with Gasteiger partial charge in [-0.2, -0.15) is 0 Å². The van der Waals surface area contributed by atoms with Crippen LogP contribution in [-0.2, 0) is 4.79 Å². The minimum Gasteiger partial charge on any atom is -0.497 e. The Kier molecular flexibility index (Phi) is 3.57. The molecular formula is C16H15ClN2O2. The lowest BCUT2D eigenvalue weighted by Crippen LogP contribution is -2.63. The third kappa shape index (κ3) is 2.37. The van der Waals surface area contributed by atoms with E-state index in [0.717, 1.165) is 11.3 Å². The molecule has 108 valence electrons. The van der Waals surface area contributed by atoms with E-state index in [1.54, 1.807) is 24.1 Å². The summed E-state index contributed by atoms with van der Waals surface area (Å²) in [6.45, 7) is 0. The van der Waals surface area contributed by atoms with Crippen LogP contribution in [0.15, 0.2) is 48.5 Å². The number of anilines is 1. The molecule has 1 heterocycles. The van der Waals surface area contributed by atoms with Gasteiger partial charge in [0.25, 0.3) is 0 Å². The molecule has 4 nitrogen and oxygen atoms in total. The van der Waals surface area contributed by atoms with Gasteiger partial charge in [-0.25, -0.2) is 0 Å². The number of ether oxygens (including phenoxy) is 1. The smallest absolute Gasteiger partial charge is 0.247 e. The summed E-state index contributed by atoms with van der Waals surface area (Å²) >= 11 is 5.91. The standard InChI is InChI=1S/C16H15ClN2O2/c1-21-13-4-2-3-12(9-13)19-15(14(18)16(19)20)10-5-7-11(17)8-6-10/h2-9,14-15H,18H2,1H3/t14-,15-/m0/s1. The molecule has 0 bridgehead atoms. The highest BCUT2D eigenvalue weighted by molar-refractivity contribution is 6.30. The van der Waals surface area contributed by atoms with Crippen LogP contribution in [0.5, 0.6) is 5.75 Å². The Morgan fingerprint density at radius 2 is 1.90 bits per heavy atom. The van der Waals surface area contributed by atoms with Gasteiger partial charge < -0.3 is 15.4 Å². The van der Waals surface area contributed by atoms with Crippen molar-refractivity contribution in [3.05, 3.63) is 59.1 Å². The fourth-order valence-electron chi connectivity index (χ4n) is 2.58. The first-order valence-electron chi connectivity index (χ1n) is 6.60. The summed E-state index contributed by atoms with van der Waals surface area (Å²) in [6, 6.07) is 14.1. The summed E-state index contributed by atoms with van der Waals surface area (Å²) in [6.07, 6.45) is 0. The molecule has 0 unspecified atom stereocenters. The maximum atomic E-state index is 12.1. The number of nitrogens with two attached hydrogens (primary N) is 1. The van der Waals surface area contributed by atoms with E-state index in [9.17, 15) is 4.79 Å². The molecule has 0 spiro atoms. The van der Waals surface area contributed by atoms with E-state index in [4.69, 9.17) is 22.1 Å². The number of β-lactam (4-membered cyclic amide) rings is 1. The van der Waals surface area contributed by atoms with E-state index in [2.05, 4.69) is 0 Å². The zero-order valence-corrected chi connectivity index (χ0v) is 12.2. The highest BCUT2D eigenvalue weighted by Gasteiger charge is 2.46. The molecule has 2 atom stereocenters. The lowest BCUT2D eigenvalue weighted by atomic mass is 9.88. The number of nitrogens with zero attached hydrogens (tertiary/aromatic N) is 1. The molecule has 21 heavy (non-hydrogen) atoms. The van der Waals surface area contributed by atoms with Crippen LogP contribution in [0.25, 0.3) is 0 Å². The van der Waals surface area contributed by atoms with Crippen LogP contribution in [-0.4, -0.2) is 19.1 Å². The Bertz CT molecular complexity index is 672. The first-order valence-corrected chi connectivity index (χ1v) is 6.98. The number of rotatable bonds is 3. The summed E-state index contributed by atoms with van der Waals surface area (Å²) in [7, 11) is 1.60. The molecule has 0 radical (unpaired) electrons. The molecule has 1 saturated heterocycles. The number of amides is 1. The molecule has 1 aliphatic rings. The SMILES string of the molecule is COc1cccc(N2C(=O)[C@@H](N)[C@@H]2c2ccc(Cl)cc2)c1. The largest absolute Gasteiger partial charge is 0.497 e. The average Bonchev–Trinajstić information content (AvgIpc) is 2.52. The van der Waals surface area contributed by atoms with Gasteiger partial charge in [-0.3, -0.25) is 4.79 Å². The summed E-state index contributed by atoms with van der Waals surface area (Å²) in [4.78, 5) is 13.8. The van der Waals surface area contributed by atoms with E-state index in [1.165, 1.54) is 0 Å². The van der Waals surface area contributed by atoms with E-state index >= 15 is 0 Å². The van der Waals surface area contributed by atoms with Gasteiger partial charge in [0.15, 0.2) is 0 Å². The number of carbonyl (C=O) groups excluding carboxylic acids is 1. The lowest BCUT2D eigenvalue weighted by molar-refractivity contribution is -0.126. The van der Waals surface area contributed by atoms with Crippen LogP contribution in [0.1, 0.15) is 11.6 Å². The van der Waals surface area contributed by atoms with Crippen LogP contribution in [0, 0.1) is 0 Å². The maximum Gasteiger partial charge on any atom is 0.247 e. The van der Waals surface area contributed by atoms with Crippen LogP contribution in [0.3, 0.4) is 0 Å². The number of benzene rings is 2. The molecule has 2 N–H and O–H groups in total. The molecule has 5 heteroatoms.